The van der Waals surface area contributed by atoms with Gasteiger partial charge in [-0.1, -0.05) is 48.5 Å². The van der Waals surface area contributed by atoms with Crippen LogP contribution in [0.25, 0.3) is 0 Å². The second kappa shape index (κ2) is 5.49. The van der Waals surface area contributed by atoms with E-state index in [1.54, 1.807) is 0 Å². The van der Waals surface area contributed by atoms with Crippen LogP contribution in [-0.4, -0.2) is 22.3 Å². The van der Waals surface area contributed by atoms with Gasteiger partial charge in [-0.2, -0.15) is 0 Å². The van der Waals surface area contributed by atoms with E-state index in [0.29, 0.717) is 0 Å². The highest BCUT2D eigenvalue weighted by Crippen LogP contribution is 2.64. The van der Waals surface area contributed by atoms with Gasteiger partial charge >= 0.3 is 0 Å². The van der Waals surface area contributed by atoms with Crippen molar-refractivity contribution >= 4 is 11.8 Å². The quantitative estimate of drug-likeness (QED) is 0.632. The minimum atomic E-state index is -0.213. The number of amides is 2. The average Bonchev–Trinajstić information content (AvgIpc) is 3.04. The van der Waals surface area contributed by atoms with E-state index in [4.69, 9.17) is 0 Å². The number of nitrogens with zero attached hydrogens (tertiary/aromatic N) is 1. The minimum absolute atomic E-state index is 0.0257. The van der Waals surface area contributed by atoms with Crippen LogP contribution < -0.4 is 0 Å². The summed E-state index contributed by atoms with van der Waals surface area (Å²) in [5, 5.41) is 0. The molecule has 2 unspecified atom stereocenters. The molecule has 2 atom stereocenters. The molecular formula is C28H27NO2. The molecule has 2 aromatic carbocycles. The van der Waals surface area contributed by atoms with Gasteiger partial charge in [-0.05, 0) is 78.5 Å². The van der Waals surface area contributed by atoms with Crippen LogP contribution in [0.3, 0.4) is 0 Å². The molecule has 0 aromatic heterocycles. The topological polar surface area (TPSA) is 37.4 Å². The monoisotopic (exact) mass is 409 g/mol. The minimum Gasteiger partial charge on any atom is -0.276 e. The van der Waals surface area contributed by atoms with Gasteiger partial charge < -0.3 is 0 Å². The zero-order valence-corrected chi connectivity index (χ0v) is 17.7. The predicted molar refractivity (Wildman–Crippen MR) is 116 cm³/mol. The molecule has 156 valence electrons. The fourth-order valence-corrected chi connectivity index (χ4v) is 9.48. The molecule has 1 aliphatic heterocycles. The van der Waals surface area contributed by atoms with Crippen LogP contribution >= 0.6 is 0 Å². The van der Waals surface area contributed by atoms with Crippen LogP contribution in [0.15, 0.2) is 48.5 Å². The zero-order valence-electron chi connectivity index (χ0n) is 17.7. The van der Waals surface area contributed by atoms with Gasteiger partial charge in [0, 0.05) is 11.8 Å². The van der Waals surface area contributed by atoms with E-state index in [0.717, 1.165) is 37.0 Å². The van der Waals surface area contributed by atoms with Gasteiger partial charge in [0.15, 0.2) is 0 Å². The molecular weight excluding hydrogens is 382 g/mol. The van der Waals surface area contributed by atoms with Crippen molar-refractivity contribution in [2.24, 2.45) is 29.6 Å². The van der Waals surface area contributed by atoms with Crippen molar-refractivity contribution in [1.82, 2.24) is 4.90 Å². The van der Waals surface area contributed by atoms with E-state index < -0.39 is 0 Å². The molecule has 4 saturated carbocycles. The second-order valence-electron chi connectivity index (χ2n) is 11.4. The first kappa shape index (κ1) is 17.2. The molecule has 7 aliphatic carbocycles. The summed E-state index contributed by atoms with van der Waals surface area (Å²) >= 11 is 0. The maximum Gasteiger partial charge on any atom is 0.234 e. The predicted octanol–water partition coefficient (Wildman–Crippen LogP) is 4.85. The molecule has 2 aromatic rings. The van der Waals surface area contributed by atoms with Crippen LogP contribution in [-0.2, 0) is 9.59 Å². The largest absolute Gasteiger partial charge is 0.276 e. The number of hydrogen-bond donors (Lipinski definition) is 0. The lowest BCUT2D eigenvalue weighted by atomic mass is 9.52. The number of likely N-dealkylation sites (tertiary alicyclic amines) is 1. The summed E-state index contributed by atoms with van der Waals surface area (Å²) in [6, 6.07) is 17.2. The average molecular weight is 410 g/mol. The lowest BCUT2D eigenvalue weighted by Gasteiger charge is -2.59. The van der Waals surface area contributed by atoms with Crippen molar-refractivity contribution < 1.29 is 9.59 Å². The first-order valence-electron chi connectivity index (χ1n) is 12.2. The van der Waals surface area contributed by atoms with Crippen LogP contribution in [0, 0.1) is 29.6 Å². The highest BCUT2D eigenvalue weighted by Gasteiger charge is 2.66. The molecule has 3 nitrogen and oxygen atoms in total. The fraction of sp³-hybridized carbons (Fsp3) is 0.500. The Balaban J connectivity index is 1.30. The van der Waals surface area contributed by atoms with Crippen LogP contribution in [0.4, 0.5) is 0 Å². The Morgan fingerprint density at radius 3 is 1.32 bits per heavy atom. The van der Waals surface area contributed by atoms with E-state index >= 15 is 0 Å². The molecule has 1 heterocycles. The van der Waals surface area contributed by atoms with Crippen molar-refractivity contribution in [3.05, 3.63) is 70.8 Å². The first-order valence-corrected chi connectivity index (χ1v) is 12.2. The van der Waals surface area contributed by atoms with Crippen LogP contribution in [0.2, 0.25) is 0 Å². The summed E-state index contributed by atoms with van der Waals surface area (Å²) in [4.78, 5) is 30.2. The lowest BCUT2D eigenvalue weighted by molar-refractivity contribution is -0.159. The fourth-order valence-electron chi connectivity index (χ4n) is 9.48. The van der Waals surface area contributed by atoms with E-state index in [-0.39, 0.29) is 41.0 Å². The molecule has 1 saturated heterocycles. The van der Waals surface area contributed by atoms with E-state index in [1.807, 2.05) is 4.90 Å². The molecule has 0 radical (unpaired) electrons. The molecule has 6 bridgehead atoms. The Morgan fingerprint density at radius 2 is 0.968 bits per heavy atom. The maximum atomic E-state index is 14.2. The second-order valence-corrected chi connectivity index (χ2v) is 11.4. The smallest absolute Gasteiger partial charge is 0.234 e. The van der Waals surface area contributed by atoms with E-state index in [2.05, 4.69) is 48.5 Å². The summed E-state index contributed by atoms with van der Waals surface area (Å²) in [7, 11) is 0. The van der Waals surface area contributed by atoms with Gasteiger partial charge in [0.2, 0.25) is 11.8 Å². The van der Waals surface area contributed by atoms with Crippen molar-refractivity contribution in [2.45, 2.75) is 55.9 Å². The number of rotatable bonds is 1. The summed E-state index contributed by atoms with van der Waals surface area (Å²) in [6.45, 7) is 0. The first-order chi connectivity index (χ1) is 15.1. The normalized spacial score (nSPS) is 43.2. The molecule has 0 N–H and O–H groups in total. The molecule has 5 fully saturated rings. The number of carbonyl (C=O) groups is 2. The molecule has 2 amide bonds. The Bertz CT molecular complexity index is 1010. The molecule has 10 rings (SSSR count). The molecule has 8 aliphatic rings. The van der Waals surface area contributed by atoms with Gasteiger partial charge in [0.05, 0.1) is 17.4 Å². The van der Waals surface area contributed by atoms with E-state index in [9.17, 15) is 9.59 Å². The SMILES string of the molecule is O=C1C2C3c4ccccc4C(c4ccccc43)C2C(=O)N1C12CC3CC(CC(C3)C1)C2. The van der Waals surface area contributed by atoms with Crippen molar-refractivity contribution in [1.29, 1.82) is 0 Å². The van der Waals surface area contributed by atoms with E-state index in [1.165, 1.54) is 41.5 Å². The third-order valence-corrected chi connectivity index (χ3v) is 9.93. The van der Waals surface area contributed by atoms with Gasteiger partial charge in [-0.25, -0.2) is 0 Å². The zero-order chi connectivity index (χ0) is 20.5. The summed E-state index contributed by atoms with van der Waals surface area (Å²) in [6.07, 6.45) is 7.15. The van der Waals surface area contributed by atoms with Crippen molar-refractivity contribution in [2.75, 3.05) is 0 Å². The summed E-state index contributed by atoms with van der Waals surface area (Å²) < 4.78 is 0. The van der Waals surface area contributed by atoms with Gasteiger partial charge in [0.25, 0.3) is 0 Å². The Morgan fingerprint density at radius 1 is 0.613 bits per heavy atom. The number of imide groups is 1. The Kier molecular flexibility index (Phi) is 3.04. The van der Waals surface area contributed by atoms with Crippen LogP contribution in [0.1, 0.15) is 72.6 Å². The number of benzene rings is 2. The molecule has 3 heteroatoms. The lowest BCUT2D eigenvalue weighted by Crippen LogP contribution is -2.61. The third-order valence-electron chi connectivity index (χ3n) is 9.93. The standard InChI is InChI=1S/C28H27NO2/c30-26-24-22-18-5-1-2-6-19(18)23(21-8-4-3-7-20(21)22)25(24)27(31)29(26)28-12-15-9-16(13-28)11-17(10-15)14-28/h1-8,15-17,22-25H,9-14H2. The van der Waals surface area contributed by atoms with Crippen LogP contribution in [0.5, 0.6) is 0 Å². The highest BCUT2D eigenvalue weighted by molar-refractivity contribution is 6.08. The van der Waals surface area contributed by atoms with Gasteiger partial charge in [-0.15, -0.1) is 0 Å². The number of carbonyl (C=O) groups excluding carboxylic acids is 2. The summed E-state index contributed by atoms with van der Waals surface area (Å²) in [5.74, 6) is 2.09. The highest BCUT2D eigenvalue weighted by atomic mass is 16.2. The van der Waals surface area contributed by atoms with Crippen molar-refractivity contribution in [3.8, 4) is 0 Å². The Labute approximate surface area is 182 Å². The van der Waals surface area contributed by atoms with Gasteiger partial charge in [0.1, 0.15) is 0 Å². The molecule has 0 spiro atoms. The van der Waals surface area contributed by atoms with Crippen molar-refractivity contribution in [3.63, 3.8) is 0 Å². The molecule has 31 heavy (non-hydrogen) atoms. The van der Waals surface area contributed by atoms with Gasteiger partial charge in [-0.3, -0.25) is 14.5 Å². The summed E-state index contributed by atoms with van der Waals surface area (Å²) in [5.41, 5.74) is 4.93. The third kappa shape index (κ3) is 1.93. The maximum absolute atomic E-state index is 14.2. The Hall–Kier alpha value is -2.42. The number of hydrogen-bond acceptors (Lipinski definition) is 2.